The largest absolute Gasteiger partial charge is 0.481 e. The van der Waals surface area contributed by atoms with Gasteiger partial charge in [0, 0.05) is 33.0 Å². The van der Waals surface area contributed by atoms with Crippen molar-refractivity contribution >= 4 is 33.0 Å². The minimum atomic E-state index is -1.06. The van der Waals surface area contributed by atoms with Gasteiger partial charge in [-0.25, -0.2) is 9.50 Å². The lowest BCUT2D eigenvalue weighted by atomic mass is 9.76. The third-order valence-electron chi connectivity index (χ3n) is 6.05. The predicted molar refractivity (Wildman–Crippen MR) is 127 cm³/mol. The number of benzene rings is 1. The summed E-state index contributed by atoms with van der Waals surface area (Å²) in [5.74, 6) is -0.834. The van der Waals surface area contributed by atoms with Gasteiger partial charge in [0.05, 0.1) is 16.8 Å². The SMILES string of the molecule is CCCC(C)(C(=O)O)c1c(C)nc2cc(C(C)(C)C)nn2c1-c1ccc2sccc2c1. The first-order chi connectivity index (χ1) is 14.6. The van der Waals surface area contributed by atoms with Crippen molar-refractivity contribution in [1.82, 2.24) is 14.6 Å². The number of thiophene rings is 1. The molecule has 5 nitrogen and oxygen atoms in total. The number of carbonyl (C=O) groups is 1. The second-order valence-corrected chi connectivity index (χ2v) is 10.5. The molecule has 3 heterocycles. The van der Waals surface area contributed by atoms with Gasteiger partial charge in [0.25, 0.3) is 0 Å². The lowest BCUT2D eigenvalue weighted by molar-refractivity contribution is -0.143. The minimum absolute atomic E-state index is 0.143. The van der Waals surface area contributed by atoms with Crippen molar-refractivity contribution in [2.24, 2.45) is 0 Å². The Morgan fingerprint density at radius 2 is 1.90 bits per heavy atom. The molecule has 1 atom stereocenters. The average Bonchev–Trinajstić information content (AvgIpc) is 3.32. The summed E-state index contributed by atoms with van der Waals surface area (Å²) in [5.41, 5.74) is 3.74. The molecule has 0 bridgehead atoms. The average molecular weight is 436 g/mol. The second kappa shape index (κ2) is 7.45. The van der Waals surface area contributed by atoms with Crippen LogP contribution in [0.5, 0.6) is 0 Å². The van der Waals surface area contributed by atoms with E-state index in [1.807, 2.05) is 31.4 Å². The summed E-state index contributed by atoms with van der Waals surface area (Å²) < 4.78 is 3.06. The number of aromatic nitrogens is 3. The van der Waals surface area contributed by atoms with Crippen molar-refractivity contribution in [3.63, 3.8) is 0 Å². The summed E-state index contributed by atoms with van der Waals surface area (Å²) in [6.07, 6.45) is 1.28. The van der Waals surface area contributed by atoms with E-state index in [2.05, 4.69) is 50.4 Å². The molecule has 0 amide bonds. The number of aliphatic carboxylic acids is 1. The zero-order valence-corrected chi connectivity index (χ0v) is 19.8. The van der Waals surface area contributed by atoms with Crippen molar-refractivity contribution in [2.75, 3.05) is 0 Å². The summed E-state index contributed by atoms with van der Waals surface area (Å²) in [4.78, 5) is 17.4. The van der Waals surface area contributed by atoms with Crippen LogP contribution in [-0.4, -0.2) is 25.7 Å². The van der Waals surface area contributed by atoms with Crippen LogP contribution in [0, 0.1) is 6.92 Å². The van der Waals surface area contributed by atoms with Crippen LogP contribution in [0.2, 0.25) is 0 Å². The lowest BCUT2D eigenvalue weighted by Gasteiger charge is -2.29. The first-order valence-corrected chi connectivity index (χ1v) is 11.6. The first kappa shape index (κ1) is 21.5. The molecule has 0 radical (unpaired) electrons. The maximum absolute atomic E-state index is 12.6. The number of hydrogen-bond donors (Lipinski definition) is 1. The fourth-order valence-corrected chi connectivity index (χ4v) is 5.14. The van der Waals surface area contributed by atoms with Crippen LogP contribution in [0.25, 0.3) is 27.0 Å². The number of hydrogen-bond acceptors (Lipinski definition) is 4. The zero-order chi connectivity index (χ0) is 22.6. The second-order valence-electron chi connectivity index (χ2n) is 9.53. The van der Waals surface area contributed by atoms with E-state index in [9.17, 15) is 9.90 Å². The van der Waals surface area contributed by atoms with Gasteiger partial charge in [-0.2, -0.15) is 5.10 Å². The van der Waals surface area contributed by atoms with Crippen LogP contribution in [0.1, 0.15) is 64.4 Å². The Morgan fingerprint density at radius 3 is 2.55 bits per heavy atom. The highest BCUT2D eigenvalue weighted by Gasteiger charge is 2.40. The van der Waals surface area contributed by atoms with E-state index in [0.717, 1.165) is 45.7 Å². The van der Waals surface area contributed by atoms with Crippen molar-refractivity contribution in [1.29, 1.82) is 0 Å². The molecule has 4 rings (SSSR count). The number of rotatable bonds is 5. The maximum atomic E-state index is 12.6. The van der Waals surface area contributed by atoms with Gasteiger partial charge in [-0.15, -0.1) is 11.3 Å². The van der Waals surface area contributed by atoms with Gasteiger partial charge >= 0.3 is 5.97 Å². The Kier molecular flexibility index (Phi) is 5.16. The van der Waals surface area contributed by atoms with Crippen molar-refractivity contribution in [3.05, 3.63) is 52.7 Å². The number of nitrogens with zero attached hydrogens (tertiary/aromatic N) is 3. The van der Waals surface area contributed by atoms with Gasteiger partial charge < -0.3 is 5.11 Å². The van der Waals surface area contributed by atoms with Gasteiger partial charge in [-0.05, 0) is 49.2 Å². The third kappa shape index (κ3) is 3.53. The smallest absolute Gasteiger partial charge is 0.313 e. The standard InChI is InChI=1S/C25H29N3O2S/c1-7-11-25(6,23(29)30)21-15(2)26-20-14-19(24(3,4)5)27-28(20)22(21)17-8-9-18-16(13-17)10-12-31-18/h8-10,12-14H,7,11H2,1-6H3,(H,29,30). The number of fused-ring (bicyclic) bond motifs is 2. The molecule has 0 saturated heterocycles. The van der Waals surface area contributed by atoms with Gasteiger partial charge in [0.15, 0.2) is 5.65 Å². The van der Waals surface area contributed by atoms with Crippen LogP contribution in [0.15, 0.2) is 35.7 Å². The Balaban J connectivity index is 2.14. The molecule has 0 aliphatic rings. The molecule has 162 valence electrons. The normalized spacial score (nSPS) is 14.3. The number of carboxylic acids is 1. The van der Waals surface area contributed by atoms with E-state index in [-0.39, 0.29) is 5.41 Å². The first-order valence-electron chi connectivity index (χ1n) is 10.7. The molecule has 0 saturated carbocycles. The van der Waals surface area contributed by atoms with Crippen molar-refractivity contribution < 1.29 is 9.90 Å². The van der Waals surface area contributed by atoms with E-state index in [4.69, 9.17) is 10.1 Å². The summed E-state index contributed by atoms with van der Waals surface area (Å²) in [6.45, 7) is 12.1. The van der Waals surface area contributed by atoms with Gasteiger partial charge in [0.2, 0.25) is 0 Å². The molecule has 0 spiro atoms. The fourth-order valence-electron chi connectivity index (χ4n) is 4.37. The summed E-state index contributed by atoms with van der Waals surface area (Å²) in [6, 6.07) is 10.4. The van der Waals surface area contributed by atoms with E-state index >= 15 is 0 Å². The van der Waals surface area contributed by atoms with Crippen LogP contribution in [0.4, 0.5) is 0 Å². The molecule has 1 N–H and O–H groups in total. The highest BCUT2D eigenvalue weighted by Crippen LogP contribution is 2.40. The third-order valence-corrected chi connectivity index (χ3v) is 6.95. The van der Waals surface area contributed by atoms with Crippen LogP contribution < -0.4 is 0 Å². The number of aryl methyl sites for hydroxylation is 1. The molecule has 0 aliphatic carbocycles. The fraction of sp³-hybridized carbons (Fsp3) is 0.400. The quantitative estimate of drug-likeness (QED) is 0.396. The molecule has 31 heavy (non-hydrogen) atoms. The summed E-state index contributed by atoms with van der Waals surface area (Å²) in [7, 11) is 0. The Bertz CT molecular complexity index is 1300. The molecule has 3 aromatic heterocycles. The molecule has 0 fully saturated rings. The molecule has 6 heteroatoms. The van der Waals surface area contributed by atoms with E-state index in [1.54, 1.807) is 11.3 Å². The van der Waals surface area contributed by atoms with E-state index in [1.165, 1.54) is 4.70 Å². The predicted octanol–water partition coefficient (Wildman–Crippen LogP) is 6.36. The van der Waals surface area contributed by atoms with Gasteiger partial charge in [0.1, 0.15) is 0 Å². The van der Waals surface area contributed by atoms with Crippen molar-refractivity contribution in [3.8, 4) is 11.3 Å². The highest BCUT2D eigenvalue weighted by atomic mass is 32.1. The van der Waals surface area contributed by atoms with Crippen LogP contribution in [-0.2, 0) is 15.6 Å². The highest BCUT2D eigenvalue weighted by molar-refractivity contribution is 7.17. The Hall–Kier alpha value is -2.73. The lowest BCUT2D eigenvalue weighted by Crippen LogP contribution is -2.35. The summed E-state index contributed by atoms with van der Waals surface area (Å²) >= 11 is 1.70. The molecular weight excluding hydrogens is 406 g/mol. The van der Waals surface area contributed by atoms with Gasteiger partial charge in [-0.1, -0.05) is 40.2 Å². The minimum Gasteiger partial charge on any atom is -0.481 e. The van der Waals surface area contributed by atoms with E-state index < -0.39 is 11.4 Å². The van der Waals surface area contributed by atoms with Crippen LogP contribution in [0.3, 0.4) is 0 Å². The molecular formula is C25H29N3O2S. The maximum Gasteiger partial charge on any atom is 0.313 e. The van der Waals surface area contributed by atoms with Gasteiger partial charge in [-0.3, -0.25) is 4.79 Å². The van der Waals surface area contributed by atoms with Crippen LogP contribution >= 0.6 is 11.3 Å². The molecule has 1 aromatic carbocycles. The number of carboxylic acid groups (broad SMARTS) is 1. The summed E-state index contributed by atoms with van der Waals surface area (Å²) in [5, 5.41) is 18.5. The Morgan fingerprint density at radius 1 is 1.16 bits per heavy atom. The molecule has 0 aliphatic heterocycles. The molecule has 1 unspecified atom stereocenters. The van der Waals surface area contributed by atoms with Crippen molar-refractivity contribution in [2.45, 2.75) is 65.2 Å². The topological polar surface area (TPSA) is 67.5 Å². The monoisotopic (exact) mass is 435 g/mol. The Labute approximate surface area is 186 Å². The zero-order valence-electron chi connectivity index (χ0n) is 19.0. The van der Waals surface area contributed by atoms with E-state index in [0.29, 0.717) is 6.42 Å². The molecule has 4 aromatic rings.